The lowest BCUT2D eigenvalue weighted by atomic mass is 10.1. The molecule has 0 radical (unpaired) electrons. The van der Waals surface area contributed by atoms with Gasteiger partial charge in [0.05, 0.1) is 18.5 Å². The van der Waals surface area contributed by atoms with Crippen LogP contribution in [0.4, 0.5) is 0 Å². The van der Waals surface area contributed by atoms with Crippen LogP contribution in [0.5, 0.6) is 0 Å². The van der Waals surface area contributed by atoms with E-state index < -0.39 is 0 Å². The summed E-state index contributed by atoms with van der Waals surface area (Å²) in [4.78, 5) is 19.6. The standard InChI is InChI=1S/C19H22N2O2S/c22-19(15-24-18-8-2-1-3-9-18)21-11-5-7-17(13-21)23-14-16-6-4-10-20-12-16/h1-4,6,8-10,12,17H,5,7,11,13-15H2/t17-/m1/s1. The third kappa shape index (κ3) is 5.08. The lowest BCUT2D eigenvalue weighted by Crippen LogP contribution is -2.44. The van der Waals surface area contributed by atoms with E-state index in [2.05, 4.69) is 4.98 Å². The van der Waals surface area contributed by atoms with Crippen molar-refractivity contribution < 1.29 is 9.53 Å². The zero-order valence-electron chi connectivity index (χ0n) is 13.6. The van der Waals surface area contributed by atoms with Gasteiger partial charge in [0.2, 0.25) is 5.91 Å². The van der Waals surface area contributed by atoms with Gasteiger partial charge in [-0.3, -0.25) is 9.78 Å². The van der Waals surface area contributed by atoms with Gasteiger partial charge in [-0.15, -0.1) is 11.8 Å². The molecule has 126 valence electrons. The SMILES string of the molecule is O=C(CSc1ccccc1)N1CCC[C@@H](OCc2cccnc2)C1. The molecule has 24 heavy (non-hydrogen) atoms. The molecule has 1 fully saturated rings. The molecule has 1 amide bonds. The summed E-state index contributed by atoms with van der Waals surface area (Å²) in [5.74, 6) is 0.679. The average molecular weight is 342 g/mol. The Balaban J connectivity index is 1.45. The molecule has 1 saturated heterocycles. The highest BCUT2D eigenvalue weighted by Crippen LogP contribution is 2.20. The van der Waals surface area contributed by atoms with Gasteiger partial charge in [0.25, 0.3) is 0 Å². The average Bonchev–Trinajstić information content (AvgIpc) is 2.66. The van der Waals surface area contributed by atoms with Crippen LogP contribution in [0, 0.1) is 0 Å². The smallest absolute Gasteiger partial charge is 0.233 e. The number of carbonyl (C=O) groups is 1. The maximum absolute atomic E-state index is 12.4. The molecule has 2 heterocycles. The Kier molecular flexibility index (Phi) is 6.26. The molecule has 1 atom stereocenters. The fourth-order valence-corrected chi connectivity index (χ4v) is 3.57. The van der Waals surface area contributed by atoms with E-state index in [4.69, 9.17) is 4.74 Å². The van der Waals surface area contributed by atoms with E-state index in [1.807, 2.05) is 53.6 Å². The number of hydrogen-bond donors (Lipinski definition) is 0. The summed E-state index contributed by atoms with van der Waals surface area (Å²) in [6, 6.07) is 14.0. The summed E-state index contributed by atoms with van der Waals surface area (Å²) in [6.07, 6.45) is 5.71. The third-order valence-corrected chi connectivity index (χ3v) is 5.04. The highest BCUT2D eigenvalue weighted by atomic mass is 32.2. The van der Waals surface area contributed by atoms with Gasteiger partial charge in [0.1, 0.15) is 0 Å². The van der Waals surface area contributed by atoms with Crippen LogP contribution in [0.25, 0.3) is 0 Å². The number of aromatic nitrogens is 1. The van der Waals surface area contributed by atoms with E-state index in [0.717, 1.165) is 29.8 Å². The summed E-state index contributed by atoms with van der Waals surface area (Å²) < 4.78 is 5.97. The lowest BCUT2D eigenvalue weighted by molar-refractivity contribution is -0.132. The molecule has 5 heteroatoms. The second kappa shape index (κ2) is 8.85. The van der Waals surface area contributed by atoms with Crippen molar-refractivity contribution >= 4 is 17.7 Å². The molecule has 0 N–H and O–H groups in total. The van der Waals surface area contributed by atoms with Crippen molar-refractivity contribution in [1.29, 1.82) is 0 Å². The fraction of sp³-hybridized carbons (Fsp3) is 0.368. The molecule has 2 aromatic rings. The van der Waals surface area contributed by atoms with Gasteiger partial charge in [0.15, 0.2) is 0 Å². The zero-order valence-corrected chi connectivity index (χ0v) is 14.5. The summed E-state index contributed by atoms with van der Waals surface area (Å²) in [5, 5.41) is 0. The van der Waals surface area contributed by atoms with Crippen LogP contribution in [0.15, 0.2) is 59.8 Å². The van der Waals surface area contributed by atoms with E-state index in [1.54, 1.807) is 18.0 Å². The monoisotopic (exact) mass is 342 g/mol. The quantitative estimate of drug-likeness (QED) is 0.755. The Labute approximate surface area is 147 Å². The van der Waals surface area contributed by atoms with Crippen molar-refractivity contribution in [3.8, 4) is 0 Å². The Morgan fingerprint density at radius 1 is 1.25 bits per heavy atom. The molecular weight excluding hydrogens is 320 g/mol. The van der Waals surface area contributed by atoms with E-state index in [-0.39, 0.29) is 12.0 Å². The van der Waals surface area contributed by atoms with Gasteiger partial charge in [-0.25, -0.2) is 0 Å². The number of carbonyl (C=O) groups excluding carboxylic acids is 1. The number of amides is 1. The van der Waals surface area contributed by atoms with Crippen LogP contribution in [0.1, 0.15) is 18.4 Å². The molecule has 0 bridgehead atoms. The molecule has 0 unspecified atom stereocenters. The summed E-state index contributed by atoms with van der Waals surface area (Å²) in [6.45, 7) is 2.08. The molecule has 4 nitrogen and oxygen atoms in total. The minimum Gasteiger partial charge on any atom is -0.372 e. The number of ether oxygens (including phenoxy) is 1. The Morgan fingerprint density at radius 2 is 2.12 bits per heavy atom. The van der Waals surface area contributed by atoms with Gasteiger partial charge >= 0.3 is 0 Å². The number of pyridine rings is 1. The summed E-state index contributed by atoms with van der Waals surface area (Å²) in [5.41, 5.74) is 1.07. The third-order valence-electron chi connectivity index (χ3n) is 4.04. The van der Waals surface area contributed by atoms with Gasteiger partial charge in [0, 0.05) is 30.4 Å². The highest BCUT2D eigenvalue weighted by Gasteiger charge is 2.24. The van der Waals surface area contributed by atoms with Gasteiger partial charge in [-0.2, -0.15) is 0 Å². The molecule has 1 aromatic heterocycles. The van der Waals surface area contributed by atoms with Crippen LogP contribution in [-0.2, 0) is 16.1 Å². The highest BCUT2D eigenvalue weighted by molar-refractivity contribution is 8.00. The molecule has 3 rings (SSSR count). The molecule has 0 saturated carbocycles. The topological polar surface area (TPSA) is 42.4 Å². The van der Waals surface area contributed by atoms with Crippen molar-refractivity contribution in [3.63, 3.8) is 0 Å². The van der Waals surface area contributed by atoms with Crippen molar-refractivity contribution in [2.75, 3.05) is 18.8 Å². The van der Waals surface area contributed by atoms with E-state index in [0.29, 0.717) is 18.9 Å². The van der Waals surface area contributed by atoms with E-state index >= 15 is 0 Å². The van der Waals surface area contributed by atoms with Crippen molar-refractivity contribution in [3.05, 3.63) is 60.4 Å². The van der Waals surface area contributed by atoms with Crippen LogP contribution in [0.2, 0.25) is 0 Å². The number of piperidine rings is 1. The van der Waals surface area contributed by atoms with E-state index in [1.165, 1.54) is 0 Å². The minimum absolute atomic E-state index is 0.115. The second-order valence-corrected chi connectivity index (χ2v) is 6.93. The largest absolute Gasteiger partial charge is 0.372 e. The number of nitrogens with zero attached hydrogens (tertiary/aromatic N) is 2. The van der Waals surface area contributed by atoms with Crippen molar-refractivity contribution in [2.45, 2.75) is 30.4 Å². The van der Waals surface area contributed by atoms with E-state index in [9.17, 15) is 4.79 Å². The van der Waals surface area contributed by atoms with Crippen LogP contribution >= 0.6 is 11.8 Å². The first kappa shape index (κ1) is 17.0. The second-order valence-electron chi connectivity index (χ2n) is 5.88. The van der Waals surface area contributed by atoms with Crippen LogP contribution in [0.3, 0.4) is 0 Å². The number of thioether (sulfide) groups is 1. The maximum Gasteiger partial charge on any atom is 0.233 e. The van der Waals surface area contributed by atoms with Crippen molar-refractivity contribution in [2.24, 2.45) is 0 Å². The Bertz CT molecular complexity index is 636. The van der Waals surface area contributed by atoms with Gasteiger partial charge in [-0.1, -0.05) is 24.3 Å². The number of likely N-dealkylation sites (tertiary alicyclic amines) is 1. The molecule has 1 aromatic carbocycles. The molecule has 0 spiro atoms. The predicted octanol–water partition coefficient (Wildman–Crippen LogP) is 3.38. The Hall–Kier alpha value is -1.85. The number of benzene rings is 1. The van der Waals surface area contributed by atoms with Crippen molar-refractivity contribution in [1.82, 2.24) is 9.88 Å². The predicted molar refractivity (Wildman–Crippen MR) is 95.8 cm³/mol. The summed E-state index contributed by atoms with van der Waals surface area (Å²) in [7, 11) is 0. The molecule has 0 aliphatic carbocycles. The number of hydrogen-bond acceptors (Lipinski definition) is 4. The zero-order chi connectivity index (χ0) is 16.6. The first-order valence-electron chi connectivity index (χ1n) is 8.27. The van der Waals surface area contributed by atoms with Gasteiger partial charge < -0.3 is 9.64 Å². The molecular formula is C19H22N2O2S. The first-order chi connectivity index (χ1) is 11.8. The lowest BCUT2D eigenvalue weighted by Gasteiger charge is -2.32. The molecule has 1 aliphatic heterocycles. The number of rotatable bonds is 6. The van der Waals surface area contributed by atoms with Crippen LogP contribution in [-0.4, -0.2) is 40.7 Å². The first-order valence-corrected chi connectivity index (χ1v) is 9.26. The van der Waals surface area contributed by atoms with Crippen LogP contribution < -0.4 is 0 Å². The minimum atomic E-state index is 0.115. The summed E-state index contributed by atoms with van der Waals surface area (Å²) >= 11 is 1.59. The van der Waals surface area contributed by atoms with Gasteiger partial charge in [-0.05, 0) is 36.6 Å². The Morgan fingerprint density at radius 3 is 2.92 bits per heavy atom. The maximum atomic E-state index is 12.4. The molecule has 1 aliphatic rings. The fourth-order valence-electron chi connectivity index (χ4n) is 2.75. The normalized spacial score (nSPS) is 17.7.